The van der Waals surface area contributed by atoms with Gasteiger partial charge in [-0.05, 0) is 79.4 Å². The number of rotatable bonds is 4. The molecule has 2 nitrogen and oxygen atoms in total. The Labute approximate surface area is 150 Å². The van der Waals surface area contributed by atoms with Crippen LogP contribution in [0.15, 0.2) is 47.6 Å². The van der Waals surface area contributed by atoms with Gasteiger partial charge in [0.1, 0.15) is 0 Å². The maximum absolute atomic E-state index is 10.6. The maximum atomic E-state index is 10.6. The van der Waals surface area contributed by atoms with Crippen molar-refractivity contribution in [1.29, 1.82) is 0 Å². The van der Waals surface area contributed by atoms with Crippen molar-refractivity contribution in [3.63, 3.8) is 0 Å². The average Bonchev–Trinajstić information content (AvgIpc) is 2.56. The normalized spacial score (nSPS) is 30.9. The van der Waals surface area contributed by atoms with Gasteiger partial charge in [-0.1, -0.05) is 48.1 Å². The van der Waals surface area contributed by atoms with E-state index in [2.05, 4.69) is 30.3 Å². The Hall–Kier alpha value is -2.09. The SMILES string of the molecule is CC(C=Cc1ccc(C=C2C3CC4CC(C3)CC2C4)cc1)=CC(=O)O. The second-order valence-corrected chi connectivity index (χ2v) is 8.18. The maximum Gasteiger partial charge on any atom is 0.328 e. The first-order valence-electron chi connectivity index (χ1n) is 9.47. The van der Waals surface area contributed by atoms with Gasteiger partial charge in [0.25, 0.3) is 0 Å². The van der Waals surface area contributed by atoms with E-state index >= 15 is 0 Å². The lowest BCUT2D eigenvalue weighted by atomic mass is 9.54. The smallest absolute Gasteiger partial charge is 0.328 e. The van der Waals surface area contributed by atoms with Crippen molar-refractivity contribution >= 4 is 18.1 Å². The molecule has 0 aromatic heterocycles. The van der Waals surface area contributed by atoms with Crippen molar-refractivity contribution in [1.82, 2.24) is 0 Å². The second kappa shape index (κ2) is 6.67. The molecule has 0 aliphatic heterocycles. The van der Waals surface area contributed by atoms with Crippen LogP contribution >= 0.6 is 0 Å². The van der Waals surface area contributed by atoms with E-state index in [1.165, 1.54) is 43.7 Å². The molecular weight excluding hydrogens is 308 g/mol. The topological polar surface area (TPSA) is 37.3 Å². The van der Waals surface area contributed by atoms with Crippen LogP contribution in [0.4, 0.5) is 0 Å². The zero-order chi connectivity index (χ0) is 17.4. The van der Waals surface area contributed by atoms with Gasteiger partial charge in [-0.2, -0.15) is 0 Å². The molecule has 130 valence electrons. The lowest BCUT2D eigenvalue weighted by Gasteiger charge is -2.51. The van der Waals surface area contributed by atoms with E-state index in [0.717, 1.165) is 34.8 Å². The molecule has 4 aliphatic rings. The highest BCUT2D eigenvalue weighted by atomic mass is 16.4. The summed E-state index contributed by atoms with van der Waals surface area (Å²) < 4.78 is 0. The number of hydrogen-bond acceptors (Lipinski definition) is 1. The molecule has 4 fully saturated rings. The minimum Gasteiger partial charge on any atom is -0.478 e. The largest absolute Gasteiger partial charge is 0.478 e. The van der Waals surface area contributed by atoms with E-state index in [-0.39, 0.29) is 0 Å². The van der Waals surface area contributed by atoms with Gasteiger partial charge < -0.3 is 5.11 Å². The first-order valence-corrected chi connectivity index (χ1v) is 9.47. The fourth-order valence-corrected chi connectivity index (χ4v) is 5.33. The minimum atomic E-state index is -0.903. The number of aliphatic carboxylic acids is 1. The van der Waals surface area contributed by atoms with Crippen LogP contribution in [-0.2, 0) is 4.79 Å². The summed E-state index contributed by atoms with van der Waals surface area (Å²) in [6, 6.07) is 8.61. The molecule has 0 heterocycles. The van der Waals surface area contributed by atoms with Crippen LogP contribution in [0.1, 0.15) is 50.2 Å². The van der Waals surface area contributed by atoms with Crippen LogP contribution in [0.3, 0.4) is 0 Å². The Bertz CT molecular complexity index is 719. The van der Waals surface area contributed by atoms with Crippen LogP contribution < -0.4 is 0 Å². The first-order chi connectivity index (χ1) is 12.1. The number of benzene rings is 1. The van der Waals surface area contributed by atoms with Gasteiger partial charge in [0, 0.05) is 6.08 Å². The lowest BCUT2D eigenvalue weighted by molar-refractivity contribution is -0.131. The van der Waals surface area contributed by atoms with E-state index in [1.54, 1.807) is 12.5 Å². The third-order valence-electron chi connectivity index (χ3n) is 6.24. The van der Waals surface area contributed by atoms with Crippen molar-refractivity contribution in [3.8, 4) is 0 Å². The van der Waals surface area contributed by atoms with Gasteiger partial charge in [-0.15, -0.1) is 0 Å². The zero-order valence-corrected chi connectivity index (χ0v) is 14.8. The zero-order valence-electron chi connectivity index (χ0n) is 14.8. The molecule has 4 bridgehead atoms. The van der Waals surface area contributed by atoms with E-state index in [9.17, 15) is 4.79 Å². The van der Waals surface area contributed by atoms with Gasteiger partial charge in [-0.25, -0.2) is 4.79 Å². The number of carbonyl (C=O) groups is 1. The fourth-order valence-electron chi connectivity index (χ4n) is 5.33. The van der Waals surface area contributed by atoms with E-state index in [0.29, 0.717) is 0 Å². The Balaban J connectivity index is 1.48. The third-order valence-corrected chi connectivity index (χ3v) is 6.24. The minimum absolute atomic E-state index is 0.743. The molecule has 0 radical (unpaired) electrons. The Morgan fingerprint density at radius 1 is 0.960 bits per heavy atom. The van der Waals surface area contributed by atoms with Gasteiger partial charge in [0.05, 0.1) is 0 Å². The van der Waals surface area contributed by atoms with E-state index < -0.39 is 5.97 Å². The highest BCUT2D eigenvalue weighted by Crippen LogP contribution is 2.56. The summed E-state index contributed by atoms with van der Waals surface area (Å²) in [5.74, 6) is 2.81. The monoisotopic (exact) mass is 334 g/mol. The molecule has 0 amide bonds. The molecule has 4 aliphatic carbocycles. The fraction of sp³-hybridized carbons (Fsp3) is 0.435. The molecule has 5 rings (SSSR count). The first kappa shape index (κ1) is 16.4. The Morgan fingerprint density at radius 2 is 1.52 bits per heavy atom. The van der Waals surface area contributed by atoms with Gasteiger partial charge >= 0.3 is 5.97 Å². The highest BCUT2D eigenvalue weighted by Gasteiger charge is 2.44. The van der Waals surface area contributed by atoms with Crippen molar-refractivity contribution in [2.24, 2.45) is 23.7 Å². The number of allylic oxidation sites excluding steroid dienone is 3. The predicted octanol–water partition coefficient (Wildman–Crippen LogP) is 5.57. The molecule has 0 atom stereocenters. The van der Waals surface area contributed by atoms with Crippen molar-refractivity contribution in [3.05, 3.63) is 58.7 Å². The van der Waals surface area contributed by atoms with Crippen molar-refractivity contribution < 1.29 is 9.90 Å². The van der Waals surface area contributed by atoms with Crippen molar-refractivity contribution in [2.45, 2.75) is 39.0 Å². The van der Waals surface area contributed by atoms with E-state index in [1.807, 2.05) is 12.2 Å². The molecule has 1 aromatic rings. The molecule has 0 spiro atoms. The summed E-state index contributed by atoms with van der Waals surface area (Å²) in [4.78, 5) is 10.6. The summed E-state index contributed by atoms with van der Waals surface area (Å²) in [7, 11) is 0. The number of carboxylic acids is 1. The van der Waals surface area contributed by atoms with E-state index in [4.69, 9.17) is 5.11 Å². The highest BCUT2D eigenvalue weighted by molar-refractivity contribution is 5.81. The summed E-state index contributed by atoms with van der Waals surface area (Å²) in [5, 5.41) is 8.74. The quantitative estimate of drug-likeness (QED) is 0.577. The molecule has 1 aromatic carbocycles. The number of carboxylic acid groups (broad SMARTS) is 1. The molecular formula is C23H26O2. The lowest BCUT2D eigenvalue weighted by Crippen LogP contribution is -2.40. The van der Waals surface area contributed by atoms with Crippen molar-refractivity contribution in [2.75, 3.05) is 0 Å². The molecule has 0 saturated heterocycles. The van der Waals surface area contributed by atoms with Crippen LogP contribution in [0.25, 0.3) is 12.2 Å². The molecule has 0 unspecified atom stereocenters. The third kappa shape index (κ3) is 3.63. The number of hydrogen-bond donors (Lipinski definition) is 1. The van der Waals surface area contributed by atoms with Crippen LogP contribution in [-0.4, -0.2) is 11.1 Å². The summed E-state index contributed by atoms with van der Waals surface area (Å²) in [5.41, 5.74) is 4.87. The summed E-state index contributed by atoms with van der Waals surface area (Å²) in [6.45, 7) is 1.80. The van der Waals surface area contributed by atoms with Crippen LogP contribution in [0, 0.1) is 23.7 Å². The average molecular weight is 334 g/mol. The van der Waals surface area contributed by atoms with Crippen LogP contribution in [0.5, 0.6) is 0 Å². The molecule has 4 saturated carbocycles. The summed E-state index contributed by atoms with van der Waals surface area (Å²) in [6.07, 6.45) is 14.7. The Kier molecular flexibility index (Phi) is 4.37. The molecule has 1 N–H and O–H groups in total. The van der Waals surface area contributed by atoms with Gasteiger partial charge in [0.2, 0.25) is 0 Å². The molecule has 25 heavy (non-hydrogen) atoms. The predicted molar refractivity (Wildman–Crippen MR) is 102 cm³/mol. The second-order valence-electron chi connectivity index (χ2n) is 8.18. The van der Waals surface area contributed by atoms with Gasteiger partial charge in [-0.3, -0.25) is 0 Å². The standard InChI is InChI=1S/C23H26O2/c1-15(8-23(24)25)2-3-16-4-6-17(7-5-16)14-22-20-10-18-9-19(12-20)13-21(22)11-18/h2-8,14,18-21H,9-13H2,1H3,(H,24,25). The Morgan fingerprint density at radius 3 is 2.08 bits per heavy atom. The van der Waals surface area contributed by atoms with Crippen LogP contribution in [0.2, 0.25) is 0 Å². The summed E-state index contributed by atoms with van der Waals surface area (Å²) >= 11 is 0. The van der Waals surface area contributed by atoms with Gasteiger partial charge in [0.15, 0.2) is 0 Å². The molecule has 2 heteroatoms.